The van der Waals surface area contributed by atoms with Crippen LogP contribution in [0.25, 0.3) is 6.08 Å². The highest BCUT2D eigenvalue weighted by atomic mass is 35.5. The average molecular weight is 443 g/mol. The Bertz CT molecular complexity index is 972. The molecule has 6 nitrogen and oxygen atoms in total. The summed E-state index contributed by atoms with van der Waals surface area (Å²) < 4.78 is 23.1. The normalized spacial score (nSPS) is 22.6. The number of benzene rings is 1. The first kappa shape index (κ1) is 20.1. The quantitative estimate of drug-likeness (QED) is 0.556. The van der Waals surface area contributed by atoms with E-state index < -0.39 is 15.9 Å². The molecular weight excluding hydrogens is 428 g/mol. The number of sulfone groups is 1. The lowest BCUT2D eigenvalue weighted by Crippen LogP contribution is -2.38. The van der Waals surface area contributed by atoms with Crippen molar-refractivity contribution < 1.29 is 18.0 Å². The molecule has 0 aromatic heterocycles. The molecule has 1 N–H and O–H groups in total. The Morgan fingerprint density at radius 2 is 2.15 bits per heavy atom. The summed E-state index contributed by atoms with van der Waals surface area (Å²) in [6, 6.07) is 6.62. The first-order chi connectivity index (χ1) is 12.7. The van der Waals surface area contributed by atoms with E-state index in [1.54, 1.807) is 24.3 Å². The van der Waals surface area contributed by atoms with Crippen molar-refractivity contribution in [2.45, 2.75) is 12.5 Å². The van der Waals surface area contributed by atoms with Crippen molar-refractivity contribution in [3.05, 3.63) is 51.2 Å². The van der Waals surface area contributed by atoms with Crippen molar-refractivity contribution in [2.75, 3.05) is 12.3 Å². The summed E-state index contributed by atoms with van der Waals surface area (Å²) in [5.41, 5.74) is 0.714. The van der Waals surface area contributed by atoms with Gasteiger partial charge in [-0.15, -0.1) is 0 Å². The molecule has 10 heteroatoms. The summed E-state index contributed by atoms with van der Waals surface area (Å²) in [7, 11) is -3.23. The average Bonchev–Trinajstić information content (AvgIpc) is 3.07. The molecule has 142 valence electrons. The lowest BCUT2D eigenvalue weighted by atomic mass is 10.2. The third-order valence-electron chi connectivity index (χ3n) is 3.90. The Balaban J connectivity index is 1.59. The molecule has 27 heavy (non-hydrogen) atoms. The second-order valence-corrected chi connectivity index (χ2v) is 9.95. The van der Waals surface area contributed by atoms with E-state index in [-0.39, 0.29) is 30.5 Å². The fourth-order valence-electron chi connectivity index (χ4n) is 2.58. The predicted octanol–water partition coefficient (Wildman–Crippen LogP) is 2.36. The number of nitrogens with one attached hydrogen (secondary N) is 1. The summed E-state index contributed by atoms with van der Waals surface area (Å²) >= 11 is 12.5. The maximum absolute atomic E-state index is 12.6. The zero-order valence-electron chi connectivity index (χ0n) is 13.9. The van der Waals surface area contributed by atoms with Crippen molar-refractivity contribution >= 4 is 67.6 Å². The van der Waals surface area contributed by atoms with Gasteiger partial charge in [0, 0.05) is 23.4 Å². The smallest absolute Gasteiger partial charge is 0.266 e. The molecule has 2 aliphatic rings. The minimum Gasteiger partial charge on any atom is -0.349 e. The topological polar surface area (TPSA) is 83.6 Å². The second kappa shape index (κ2) is 8.14. The molecule has 0 radical (unpaired) electrons. The van der Waals surface area contributed by atoms with Crippen molar-refractivity contribution in [3.8, 4) is 0 Å². The predicted molar refractivity (Wildman–Crippen MR) is 111 cm³/mol. The van der Waals surface area contributed by atoms with Crippen LogP contribution in [0.15, 0.2) is 40.7 Å². The van der Waals surface area contributed by atoms with E-state index in [2.05, 4.69) is 5.32 Å². The Morgan fingerprint density at radius 3 is 2.81 bits per heavy atom. The van der Waals surface area contributed by atoms with Gasteiger partial charge in [0.1, 0.15) is 4.32 Å². The number of nitrogens with zero attached hydrogens (tertiary/aromatic N) is 1. The summed E-state index contributed by atoms with van der Waals surface area (Å²) in [6.45, 7) is 0.125. The molecule has 2 amide bonds. The molecule has 0 saturated carbocycles. The minimum atomic E-state index is -3.23. The van der Waals surface area contributed by atoms with Crippen LogP contribution in [0.5, 0.6) is 0 Å². The third kappa shape index (κ3) is 4.98. The zero-order chi connectivity index (χ0) is 19.6. The first-order valence-electron chi connectivity index (χ1n) is 7.95. The van der Waals surface area contributed by atoms with E-state index in [0.717, 1.165) is 17.2 Å². The first-order valence-corrected chi connectivity index (χ1v) is 11.3. The molecule has 2 aliphatic heterocycles. The minimum absolute atomic E-state index is 0.0240. The van der Waals surface area contributed by atoms with Crippen molar-refractivity contribution in [2.24, 2.45) is 0 Å². The number of carbonyl (C=O) groups excluding carboxylic acids is 2. The van der Waals surface area contributed by atoms with Crippen molar-refractivity contribution in [3.63, 3.8) is 0 Å². The molecule has 0 bridgehead atoms. The van der Waals surface area contributed by atoms with Crippen LogP contribution in [0.2, 0.25) is 5.02 Å². The molecule has 0 aliphatic carbocycles. The Morgan fingerprint density at radius 1 is 1.41 bits per heavy atom. The van der Waals surface area contributed by atoms with Gasteiger partial charge in [-0.05, 0) is 23.8 Å². The van der Waals surface area contributed by atoms with Gasteiger partial charge in [-0.25, -0.2) is 8.42 Å². The molecule has 0 spiro atoms. The monoisotopic (exact) mass is 442 g/mol. The van der Waals surface area contributed by atoms with Crippen LogP contribution >= 0.6 is 35.6 Å². The van der Waals surface area contributed by atoms with Crippen molar-refractivity contribution in [1.29, 1.82) is 0 Å². The number of thioether (sulfide) groups is 1. The summed E-state index contributed by atoms with van der Waals surface area (Å²) in [6.07, 6.45) is 3.14. The summed E-state index contributed by atoms with van der Waals surface area (Å²) in [5.74, 6) is -0.757. The Labute approximate surface area is 171 Å². The maximum atomic E-state index is 12.6. The number of carbonyl (C=O) groups is 2. The van der Waals surface area contributed by atoms with Gasteiger partial charge in [0.15, 0.2) is 9.84 Å². The number of halogens is 1. The van der Waals surface area contributed by atoms with Gasteiger partial charge in [-0.2, -0.15) is 0 Å². The van der Waals surface area contributed by atoms with Crippen LogP contribution in [0.1, 0.15) is 12.0 Å². The van der Waals surface area contributed by atoms with E-state index in [9.17, 15) is 18.0 Å². The number of hydrogen-bond donors (Lipinski definition) is 1. The zero-order valence-corrected chi connectivity index (χ0v) is 17.1. The largest absolute Gasteiger partial charge is 0.349 e. The van der Waals surface area contributed by atoms with Gasteiger partial charge < -0.3 is 5.32 Å². The maximum Gasteiger partial charge on any atom is 0.266 e. The fourth-order valence-corrected chi connectivity index (χ4v) is 5.31. The van der Waals surface area contributed by atoms with Crippen LogP contribution in [-0.2, 0) is 19.4 Å². The van der Waals surface area contributed by atoms with Gasteiger partial charge in [0.25, 0.3) is 5.91 Å². The molecular formula is C17H15ClN2O4S3. The van der Waals surface area contributed by atoms with Crippen LogP contribution in [0, 0.1) is 0 Å². The summed E-state index contributed by atoms with van der Waals surface area (Å²) in [5, 5.41) is 4.25. The highest BCUT2D eigenvalue weighted by Crippen LogP contribution is 2.33. The van der Waals surface area contributed by atoms with Crippen LogP contribution in [-0.4, -0.2) is 47.8 Å². The van der Waals surface area contributed by atoms with Gasteiger partial charge in [-0.1, -0.05) is 53.8 Å². The highest BCUT2D eigenvalue weighted by molar-refractivity contribution is 8.26. The molecule has 1 saturated heterocycles. The Kier molecular flexibility index (Phi) is 6.05. The van der Waals surface area contributed by atoms with E-state index in [1.165, 1.54) is 11.0 Å². The van der Waals surface area contributed by atoms with E-state index in [0.29, 0.717) is 19.8 Å². The molecule has 1 aromatic carbocycles. The molecule has 1 aromatic rings. The van der Waals surface area contributed by atoms with Gasteiger partial charge >= 0.3 is 0 Å². The van der Waals surface area contributed by atoms with E-state index in [1.807, 2.05) is 6.07 Å². The van der Waals surface area contributed by atoms with Crippen molar-refractivity contribution in [1.82, 2.24) is 10.2 Å². The van der Waals surface area contributed by atoms with Gasteiger partial charge in [0.2, 0.25) is 5.91 Å². The fraction of sp³-hybridized carbons (Fsp3) is 0.235. The van der Waals surface area contributed by atoms with Gasteiger partial charge in [0.05, 0.1) is 16.7 Å². The molecule has 0 unspecified atom stereocenters. The lowest BCUT2D eigenvalue weighted by Gasteiger charge is -2.15. The molecule has 1 fully saturated rings. The lowest BCUT2D eigenvalue weighted by molar-refractivity contribution is -0.124. The number of amides is 2. The molecule has 3 rings (SSSR count). The van der Waals surface area contributed by atoms with E-state index >= 15 is 0 Å². The third-order valence-corrected chi connectivity index (χ3v) is 7.02. The molecule has 2 heterocycles. The number of rotatable bonds is 5. The Hall–Kier alpha value is -1.68. The SMILES string of the molecule is O=C(CCN1C(=O)/C(=C\c2ccccc2Cl)SC1=S)N[C@@H]1C=CS(=O)(=O)C1. The standard InChI is InChI=1S/C17H15ClN2O4S3/c18-13-4-2-1-3-11(13)9-14-16(22)20(17(25)26-14)7-5-15(21)19-12-6-8-27(23,24)10-12/h1-4,6,8-9,12H,5,7,10H2,(H,19,21)/b14-9+/t12-/m1/s1. The number of hydrogen-bond acceptors (Lipinski definition) is 6. The second-order valence-electron chi connectivity index (χ2n) is 5.94. The van der Waals surface area contributed by atoms with Crippen LogP contribution < -0.4 is 5.32 Å². The van der Waals surface area contributed by atoms with E-state index in [4.69, 9.17) is 23.8 Å². The van der Waals surface area contributed by atoms with Crippen LogP contribution in [0.4, 0.5) is 0 Å². The highest BCUT2D eigenvalue weighted by Gasteiger charge is 2.32. The van der Waals surface area contributed by atoms with Gasteiger partial charge in [-0.3, -0.25) is 14.5 Å². The summed E-state index contributed by atoms with van der Waals surface area (Å²) in [4.78, 5) is 26.4. The molecule has 1 atom stereocenters. The number of thiocarbonyl (C=S) groups is 1. The van der Waals surface area contributed by atoms with Crippen LogP contribution in [0.3, 0.4) is 0 Å².